The van der Waals surface area contributed by atoms with Gasteiger partial charge in [0.1, 0.15) is 5.01 Å². The summed E-state index contributed by atoms with van der Waals surface area (Å²) in [5.74, 6) is 1.40. The first-order chi connectivity index (χ1) is 7.78. The zero-order valence-electron chi connectivity index (χ0n) is 8.32. The number of hydrogen-bond donors (Lipinski definition) is 0. The lowest BCUT2D eigenvalue weighted by Gasteiger charge is -1.99. The summed E-state index contributed by atoms with van der Waals surface area (Å²) >= 11 is 15.0. The highest BCUT2D eigenvalue weighted by Gasteiger charge is 2.02. The SMILES string of the molecule is ClCc1cnc(CSc2cccc(Cl)c2)s1. The third kappa shape index (κ3) is 3.39. The molecule has 1 aromatic carbocycles. The van der Waals surface area contributed by atoms with Crippen molar-refractivity contribution in [2.75, 3.05) is 0 Å². The van der Waals surface area contributed by atoms with E-state index in [1.165, 1.54) is 0 Å². The smallest absolute Gasteiger partial charge is 0.103 e. The van der Waals surface area contributed by atoms with Crippen molar-refractivity contribution in [3.05, 3.63) is 45.4 Å². The van der Waals surface area contributed by atoms with Gasteiger partial charge in [0.15, 0.2) is 0 Å². The Hall–Kier alpha value is -0.220. The molecule has 1 heterocycles. The van der Waals surface area contributed by atoms with Gasteiger partial charge in [-0.05, 0) is 18.2 Å². The molecule has 0 unspecified atom stereocenters. The van der Waals surface area contributed by atoms with Gasteiger partial charge in [0.2, 0.25) is 0 Å². The fraction of sp³-hybridized carbons (Fsp3) is 0.182. The van der Waals surface area contributed by atoms with E-state index in [9.17, 15) is 0 Å². The number of halogens is 2. The molecule has 16 heavy (non-hydrogen) atoms. The van der Waals surface area contributed by atoms with Crippen LogP contribution in [0.4, 0.5) is 0 Å². The van der Waals surface area contributed by atoms with E-state index in [1.54, 1.807) is 23.1 Å². The first-order valence-electron chi connectivity index (χ1n) is 4.66. The molecule has 0 fully saturated rings. The maximum atomic E-state index is 5.91. The molecule has 2 rings (SSSR count). The van der Waals surface area contributed by atoms with Crippen LogP contribution in [0.2, 0.25) is 5.02 Å². The molecule has 1 aromatic heterocycles. The van der Waals surface area contributed by atoms with Crippen molar-refractivity contribution in [2.45, 2.75) is 16.5 Å². The zero-order valence-corrected chi connectivity index (χ0v) is 11.5. The Kier molecular flexibility index (Phi) is 4.53. The first-order valence-corrected chi connectivity index (χ1v) is 7.37. The lowest BCUT2D eigenvalue weighted by molar-refractivity contribution is 1.25. The summed E-state index contributed by atoms with van der Waals surface area (Å²) in [6.45, 7) is 0. The molecule has 0 amide bonds. The number of aromatic nitrogens is 1. The molecule has 0 atom stereocenters. The third-order valence-corrected chi connectivity index (χ3v) is 4.76. The summed E-state index contributed by atoms with van der Waals surface area (Å²) in [4.78, 5) is 6.58. The lowest BCUT2D eigenvalue weighted by atomic mass is 10.4. The molecule has 5 heteroatoms. The molecule has 2 aromatic rings. The van der Waals surface area contributed by atoms with Crippen molar-refractivity contribution >= 4 is 46.3 Å². The number of benzene rings is 1. The molecular formula is C11H9Cl2NS2. The molecule has 0 bridgehead atoms. The van der Waals surface area contributed by atoms with Gasteiger partial charge in [-0.2, -0.15) is 0 Å². The van der Waals surface area contributed by atoms with Crippen LogP contribution in [0.5, 0.6) is 0 Å². The minimum absolute atomic E-state index is 0.541. The van der Waals surface area contributed by atoms with E-state index in [0.29, 0.717) is 5.88 Å². The van der Waals surface area contributed by atoms with Gasteiger partial charge in [-0.3, -0.25) is 0 Å². The van der Waals surface area contributed by atoms with Crippen LogP contribution in [-0.4, -0.2) is 4.98 Å². The van der Waals surface area contributed by atoms with Gasteiger partial charge in [0.05, 0.1) is 11.6 Å². The maximum absolute atomic E-state index is 5.91. The van der Waals surface area contributed by atoms with E-state index in [2.05, 4.69) is 4.98 Å². The van der Waals surface area contributed by atoms with Gasteiger partial charge < -0.3 is 0 Å². The van der Waals surface area contributed by atoms with Crippen LogP contribution in [0.3, 0.4) is 0 Å². The fourth-order valence-corrected chi connectivity index (χ4v) is 3.40. The van der Waals surface area contributed by atoms with E-state index >= 15 is 0 Å². The van der Waals surface area contributed by atoms with E-state index in [4.69, 9.17) is 23.2 Å². The molecule has 84 valence electrons. The Balaban J connectivity index is 1.96. The van der Waals surface area contributed by atoms with Gasteiger partial charge >= 0.3 is 0 Å². The van der Waals surface area contributed by atoms with Crippen molar-refractivity contribution in [3.63, 3.8) is 0 Å². The molecule has 0 saturated heterocycles. The Morgan fingerprint density at radius 2 is 2.25 bits per heavy atom. The maximum Gasteiger partial charge on any atom is 0.103 e. The normalized spacial score (nSPS) is 10.6. The fourth-order valence-electron chi connectivity index (χ4n) is 1.18. The average Bonchev–Trinajstić information content (AvgIpc) is 2.74. The van der Waals surface area contributed by atoms with Crippen molar-refractivity contribution in [2.24, 2.45) is 0 Å². The molecule has 0 aliphatic rings. The van der Waals surface area contributed by atoms with Crippen molar-refractivity contribution in [3.8, 4) is 0 Å². The monoisotopic (exact) mass is 289 g/mol. The number of nitrogens with zero attached hydrogens (tertiary/aromatic N) is 1. The van der Waals surface area contributed by atoms with Crippen LogP contribution < -0.4 is 0 Å². The van der Waals surface area contributed by atoms with Crippen LogP contribution in [0.25, 0.3) is 0 Å². The Labute approximate surface area is 113 Å². The predicted molar refractivity (Wildman–Crippen MR) is 72.7 cm³/mol. The average molecular weight is 290 g/mol. The second-order valence-electron chi connectivity index (χ2n) is 3.10. The Morgan fingerprint density at radius 1 is 1.38 bits per heavy atom. The first kappa shape index (κ1) is 12.2. The van der Waals surface area contributed by atoms with Crippen molar-refractivity contribution in [1.82, 2.24) is 4.98 Å². The highest BCUT2D eigenvalue weighted by atomic mass is 35.5. The van der Waals surface area contributed by atoms with Crippen LogP contribution in [0.15, 0.2) is 35.4 Å². The molecule has 0 N–H and O–H groups in total. The summed E-state index contributed by atoms with van der Waals surface area (Å²) in [7, 11) is 0. The Bertz CT molecular complexity index is 471. The topological polar surface area (TPSA) is 12.9 Å². The minimum atomic E-state index is 0.541. The number of rotatable bonds is 4. The second-order valence-corrected chi connectivity index (χ2v) is 6.05. The lowest BCUT2D eigenvalue weighted by Crippen LogP contribution is -1.77. The van der Waals surface area contributed by atoms with E-state index in [-0.39, 0.29) is 0 Å². The number of alkyl halides is 1. The zero-order chi connectivity index (χ0) is 11.4. The van der Waals surface area contributed by atoms with Gasteiger partial charge in [-0.15, -0.1) is 34.7 Å². The van der Waals surface area contributed by atoms with Crippen molar-refractivity contribution in [1.29, 1.82) is 0 Å². The van der Waals surface area contributed by atoms with Crippen LogP contribution in [0.1, 0.15) is 9.88 Å². The predicted octanol–water partition coefficient (Wildman–Crippen LogP) is 4.83. The van der Waals surface area contributed by atoms with Gasteiger partial charge in [0.25, 0.3) is 0 Å². The molecule has 0 aliphatic heterocycles. The summed E-state index contributed by atoms with van der Waals surface area (Å²) < 4.78 is 0. The standard InChI is InChI=1S/C11H9Cl2NS2/c12-5-10-6-14-11(16-10)7-15-9-3-1-2-8(13)4-9/h1-4,6H,5,7H2. The van der Waals surface area contributed by atoms with E-state index in [0.717, 1.165) is 25.6 Å². The molecule has 0 spiro atoms. The molecule has 1 nitrogen and oxygen atoms in total. The highest BCUT2D eigenvalue weighted by Crippen LogP contribution is 2.27. The van der Waals surface area contributed by atoms with Gasteiger partial charge in [-0.25, -0.2) is 4.98 Å². The highest BCUT2D eigenvalue weighted by molar-refractivity contribution is 7.98. The summed E-state index contributed by atoms with van der Waals surface area (Å²) in [6, 6.07) is 7.84. The largest absolute Gasteiger partial charge is 0.248 e. The minimum Gasteiger partial charge on any atom is -0.248 e. The third-order valence-electron chi connectivity index (χ3n) is 1.89. The number of hydrogen-bond acceptors (Lipinski definition) is 3. The van der Waals surface area contributed by atoms with Crippen molar-refractivity contribution < 1.29 is 0 Å². The summed E-state index contributed by atoms with van der Waals surface area (Å²) in [6.07, 6.45) is 1.84. The van der Waals surface area contributed by atoms with Gasteiger partial charge in [0, 0.05) is 21.0 Å². The second kappa shape index (κ2) is 5.92. The quantitative estimate of drug-likeness (QED) is 0.591. The number of thiazole rings is 1. The summed E-state index contributed by atoms with van der Waals surface area (Å²) in [5, 5.41) is 1.87. The number of thioether (sulfide) groups is 1. The Morgan fingerprint density at radius 3 is 2.94 bits per heavy atom. The molecule has 0 radical (unpaired) electrons. The van der Waals surface area contributed by atoms with Crippen LogP contribution in [0, 0.1) is 0 Å². The van der Waals surface area contributed by atoms with E-state index in [1.807, 2.05) is 30.5 Å². The summed E-state index contributed by atoms with van der Waals surface area (Å²) in [5.41, 5.74) is 0. The molecule has 0 aliphatic carbocycles. The van der Waals surface area contributed by atoms with Crippen LogP contribution in [-0.2, 0) is 11.6 Å². The van der Waals surface area contributed by atoms with Gasteiger partial charge in [-0.1, -0.05) is 17.7 Å². The van der Waals surface area contributed by atoms with E-state index < -0.39 is 0 Å². The van der Waals surface area contributed by atoms with Crippen LogP contribution >= 0.6 is 46.3 Å². The molecular weight excluding hydrogens is 281 g/mol. The molecule has 0 saturated carbocycles.